The monoisotopic (exact) mass is 395 g/mol. The fourth-order valence-corrected chi connectivity index (χ4v) is 1.99. The van der Waals surface area contributed by atoms with Gasteiger partial charge in [-0.2, -0.15) is 0 Å². The first-order valence-electron chi connectivity index (χ1n) is 6.50. The summed E-state index contributed by atoms with van der Waals surface area (Å²) in [5, 5.41) is 20.2. The Hall–Kier alpha value is -1.02. The van der Waals surface area contributed by atoms with Gasteiger partial charge in [0.1, 0.15) is 17.5 Å². The second kappa shape index (κ2) is 10.7. The number of nitrogens with one attached hydrogen (secondary N) is 1. The number of rotatable bonds is 4. The SMILES string of the molecule is CC[N+](CC)(CC)c1ccc(O)cc1.CNC(=O)[O-].[I-]. The lowest BCUT2D eigenvalue weighted by Gasteiger charge is -2.35. The smallest absolute Gasteiger partial charge is 0.133 e. The van der Waals surface area contributed by atoms with Gasteiger partial charge >= 0.3 is 0 Å². The number of carbonyl (C=O) groups is 1. The third-order valence-electron chi connectivity index (χ3n) is 3.42. The number of carbonyl (C=O) groups excluding carboxylic acids is 1. The Morgan fingerprint density at radius 2 is 1.50 bits per heavy atom. The molecule has 0 radical (unpaired) electrons. The molecule has 0 atom stereocenters. The number of hydrogen-bond donors (Lipinski definition) is 2. The Kier molecular flexibility index (Phi) is 11.4. The third-order valence-corrected chi connectivity index (χ3v) is 3.42. The minimum atomic E-state index is -1.25. The zero-order chi connectivity index (χ0) is 14.9. The van der Waals surface area contributed by atoms with Crippen LogP contribution in [0, 0.1) is 0 Å². The van der Waals surface area contributed by atoms with Crippen LogP contribution in [0.3, 0.4) is 0 Å². The molecular weight excluding hydrogens is 371 g/mol. The summed E-state index contributed by atoms with van der Waals surface area (Å²) in [6, 6.07) is 7.57. The first kappa shape index (κ1) is 21.3. The molecule has 1 aromatic rings. The van der Waals surface area contributed by atoms with E-state index >= 15 is 0 Å². The minimum absolute atomic E-state index is 0. The van der Waals surface area contributed by atoms with E-state index < -0.39 is 6.09 Å². The van der Waals surface area contributed by atoms with Gasteiger partial charge in [0, 0.05) is 19.2 Å². The maximum atomic E-state index is 9.23. The van der Waals surface area contributed by atoms with Gasteiger partial charge in [-0.05, 0) is 32.9 Å². The van der Waals surface area contributed by atoms with E-state index in [0.29, 0.717) is 5.75 Å². The average Bonchev–Trinajstić information content (AvgIpc) is 2.44. The van der Waals surface area contributed by atoms with Gasteiger partial charge in [0.05, 0.1) is 19.6 Å². The number of halogens is 1. The highest BCUT2D eigenvalue weighted by Gasteiger charge is 2.23. The average molecular weight is 395 g/mol. The molecule has 0 aliphatic heterocycles. The molecule has 5 nitrogen and oxygen atoms in total. The van der Waals surface area contributed by atoms with Crippen molar-refractivity contribution >= 4 is 11.8 Å². The molecular formula is C14H24IN2O3-. The summed E-state index contributed by atoms with van der Waals surface area (Å²) in [7, 11) is 1.29. The Morgan fingerprint density at radius 3 is 1.75 bits per heavy atom. The van der Waals surface area contributed by atoms with Gasteiger partial charge in [0.25, 0.3) is 0 Å². The number of aromatic hydroxyl groups is 1. The van der Waals surface area contributed by atoms with E-state index in [1.54, 1.807) is 12.1 Å². The van der Waals surface area contributed by atoms with Crippen molar-refractivity contribution in [1.82, 2.24) is 9.80 Å². The number of benzene rings is 1. The lowest BCUT2D eigenvalue weighted by Crippen LogP contribution is -3.00. The van der Waals surface area contributed by atoms with E-state index in [2.05, 4.69) is 20.8 Å². The normalized spacial score (nSPS) is 9.80. The molecule has 20 heavy (non-hydrogen) atoms. The molecule has 116 valence electrons. The maximum Gasteiger partial charge on any atom is 0.133 e. The molecule has 1 aromatic carbocycles. The van der Waals surface area contributed by atoms with Gasteiger partial charge in [-0.3, -0.25) is 4.48 Å². The highest BCUT2D eigenvalue weighted by Crippen LogP contribution is 2.24. The fourth-order valence-electron chi connectivity index (χ4n) is 1.99. The molecule has 1 rings (SSSR count). The van der Waals surface area contributed by atoms with Crippen LogP contribution in [0.5, 0.6) is 5.75 Å². The lowest BCUT2D eigenvalue weighted by atomic mass is 10.2. The molecule has 0 aliphatic rings. The van der Waals surface area contributed by atoms with Crippen LogP contribution < -0.4 is 38.9 Å². The number of nitrogens with zero attached hydrogens (tertiary/aromatic N) is 1. The lowest BCUT2D eigenvalue weighted by molar-refractivity contribution is -0.250. The van der Waals surface area contributed by atoms with Crippen molar-refractivity contribution in [2.24, 2.45) is 0 Å². The van der Waals surface area contributed by atoms with Gasteiger partial charge in [0.2, 0.25) is 0 Å². The number of carboxylic acid groups (broad SMARTS) is 1. The predicted molar refractivity (Wildman–Crippen MR) is 76.0 cm³/mol. The molecule has 0 aliphatic carbocycles. The summed E-state index contributed by atoms with van der Waals surface area (Å²) in [4.78, 5) is 9.15. The highest BCUT2D eigenvalue weighted by atomic mass is 127. The molecule has 0 saturated heterocycles. The van der Waals surface area contributed by atoms with Gasteiger partial charge in [-0.25, -0.2) is 0 Å². The Balaban J connectivity index is 0. The van der Waals surface area contributed by atoms with Crippen molar-refractivity contribution in [3.05, 3.63) is 24.3 Å². The molecule has 0 bridgehead atoms. The zero-order valence-corrected chi connectivity index (χ0v) is 14.7. The molecule has 0 heterocycles. The number of amides is 1. The molecule has 6 heteroatoms. The number of phenolic OH excluding ortho intramolecular Hbond substituents is 1. The van der Waals surface area contributed by atoms with Crippen LogP contribution in [0.15, 0.2) is 24.3 Å². The van der Waals surface area contributed by atoms with E-state index in [4.69, 9.17) is 9.90 Å². The van der Waals surface area contributed by atoms with E-state index in [-0.39, 0.29) is 24.0 Å². The van der Waals surface area contributed by atoms with E-state index in [0.717, 1.165) is 24.1 Å². The van der Waals surface area contributed by atoms with E-state index in [9.17, 15) is 5.11 Å². The molecule has 0 unspecified atom stereocenters. The summed E-state index contributed by atoms with van der Waals surface area (Å²) < 4.78 is 0.986. The van der Waals surface area contributed by atoms with Crippen LogP contribution in [0.25, 0.3) is 0 Å². The fraction of sp³-hybridized carbons (Fsp3) is 0.500. The van der Waals surface area contributed by atoms with Crippen molar-refractivity contribution in [3.8, 4) is 5.75 Å². The minimum Gasteiger partial charge on any atom is -1.00 e. The van der Waals surface area contributed by atoms with Crippen LogP contribution >= 0.6 is 0 Å². The van der Waals surface area contributed by atoms with Crippen LogP contribution in [0.4, 0.5) is 10.5 Å². The van der Waals surface area contributed by atoms with Crippen LogP contribution in [-0.4, -0.2) is 37.9 Å². The van der Waals surface area contributed by atoms with Gasteiger partial charge in [-0.15, -0.1) is 0 Å². The second-order valence-corrected chi connectivity index (χ2v) is 4.15. The first-order chi connectivity index (χ1) is 8.95. The highest BCUT2D eigenvalue weighted by molar-refractivity contribution is 5.61. The predicted octanol–water partition coefficient (Wildman–Crippen LogP) is -1.69. The summed E-state index contributed by atoms with van der Waals surface area (Å²) in [5.41, 5.74) is 1.29. The maximum absolute atomic E-state index is 9.23. The largest absolute Gasteiger partial charge is 1.00 e. The van der Waals surface area contributed by atoms with Crippen molar-refractivity contribution < 1.29 is 39.0 Å². The van der Waals surface area contributed by atoms with Crippen molar-refractivity contribution in [2.45, 2.75) is 20.8 Å². The molecule has 1 amide bonds. The van der Waals surface area contributed by atoms with Crippen LogP contribution in [0.1, 0.15) is 20.8 Å². The molecule has 0 saturated carbocycles. The second-order valence-electron chi connectivity index (χ2n) is 4.15. The van der Waals surface area contributed by atoms with E-state index in [1.165, 1.54) is 12.7 Å². The molecule has 2 N–H and O–H groups in total. The van der Waals surface area contributed by atoms with Crippen LogP contribution in [0.2, 0.25) is 0 Å². The van der Waals surface area contributed by atoms with Gasteiger partial charge in [0.15, 0.2) is 0 Å². The third kappa shape index (κ3) is 6.42. The number of phenols is 1. The number of quaternary nitrogens is 1. The standard InChI is InChI=1S/C12H19NO.C2H5NO2.HI/c1-4-13(5-2,6-3)11-7-9-12(14)10-8-11;1-3-2(4)5;/h7-10H,4-6H2,1-3H3;3H,1H3,(H,4,5);1H/p-1. The quantitative estimate of drug-likeness (QED) is 0.472. The van der Waals surface area contributed by atoms with Gasteiger partial charge < -0.3 is 44.3 Å². The van der Waals surface area contributed by atoms with Crippen molar-refractivity contribution in [2.75, 3.05) is 26.7 Å². The molecule has 0 spiro atoms. The van der Waals surface area contributed by atoms with E-state index in [1.807, 2.05) is 17.4 Å². The number of hydrogen-bond acceptors (Lipinski definition) is 3. The molecule has 0 fully saturated rings. The summed E-state index contributed by atoms with van der Waals surface area (Å²) >= 11 is 0. The summed E-state index contributed by atoms with van der Waals surface area (Å²) in [6.07, 6.45) is -1.25. The first-order valence-corrected chi connectivity index (χ1v) is 6.50. The molecule has 0 aromatic heterocycles. The Morgan fingerprint density at radius 1 is 1.15 bits per heavy atom. The Bertz CT molecular complexity index is 370. The van der Waals surface area contributed by atoms with Crippen molar-refractivity contribution in [3.63, 3.8) is 0 Å². The zero-order valence-electron chi connectivity index (χ0n) is 12.5. The van der Waals surface area contributed by atoms with Gasteiger partial charge in [-0.1, -0.05) is 0 Å². The van der Waals surface area contributed by atoms with Crippen LogP contribution in [-0.2, 0) is 0 Å². The summed E-state index contributed by atoms with van der Waals surface area (Å²) in [5.74, 6) is 0.343. The van der Waals surface area contributed by atoms with Crippen molar-refractivity contribution in [1.29, 1.82) is 0 Å². The summed E-state index contributed by atoms with van der Waals surface area (Å²) in [6.45, 7) is 9.91. The Labute approximate surface area is 138 Å². The topological polar surface area (TPSA) is 72.4 Å².